The molecule has 2 fully saturated rings. The number of nitrogens with zero attached hydrogens (tertiary/aromatic N) is 6. The third-order valence-corrected chi connectivity index (χ3v) is 6.59. The highest BCUT2D eigenvalue weighted by molar-refractivity contribution is 5.95. The van der Waals surface area contributed by atoms with Gasteiger partial charge in [-0.1, -0.05) is 6.92 Å². The number of nitrogens with one attached hydrogen (secondary N) is 2. The Kier molecular flexibility index (Phi) is 6.33. The van der Waals surface area contributed by atoms with Gasteiger partial charge in [0.25, 0.3) is 0 Å². The Morgan fingerprint density at radius 2 is 1.91 bits per heavy atom. The fourth-order valence-electron chi connectivity index (χ4n) is 4.98. The predicted molar refractivity (Wildman–Crippen MR) is 130 cm³/mol. The number of hydrogen-bond donors (Lipinski definition) is 2. The summed E-state index contributed by atoms with van der Waals surface area (Å²) in [6, 6.07) is 10.6. The standard InChI is InChI=1S/C25H30N8/c1-18-11-20(29-15-24-30-13-21(14-31-24)32-9-7-27-8-10-32)17-33(16-18)23-5-4-19(12-26)25-22(23)3-2-6-28-25/h2-6,13-14,18,20,27,29H,7-11,15-17H2,1H3/t18-,20+/m0/s1. The number of aromatic nitrogens is 3. The summed E-state index contributed by atoms with van der Waals surface area (Å²) in [6.07, 6.45) is 6.76. The number of nitriles is 1. The molecule has 0 aliphatic carbocycles. The molecule has 2 atom stereocenters. The maximum Gasteiger partial charge on any atom is 0.142 e. The zero-order valence-corrected chi connectivity index (χ0v) is 19.0. The van der Waals surface area contributed by atoms with Crippen molar-refractivity contribution in [1.29, 1.82) is 5.26 Å². The molecule has 1 aromatic carbocycles. The lowest BCUT2D eigenvalue weighted by atomic mass is 9.94. The predicted octanol–water partition coefficient (Wildman–Crippen LogP) is 2.31. The van der Waals surface area contributed by atoms with E-state index in [1.807, 2.05) is 24.5 Å². The van der Waals surface area contributed by atoms with Crippen LogP contribution < -0.4 is 20.4 Å². The third kappa shape index (κ3) is 4.75. The highest BCUT2D eigenvalue weighted by Gasteiger charge is 2.26. The maximum absolute atomic E-state index is 9.46. The van der Waals surface area contributed by atoms with Crippen LogP contribution in [0.5, 0.6) is 0 Å². The van der Waals surface area contributed by atoms with Crippen molar-refractivity contribution in [3.63, 3.8) is 0 Å². The van der Waals surface area contributed by atoms with E-state index in [0.29, 0.717) is 24.1 Å². The summed E-state index contributed by atoms with van der Waals surface area (Å²) in [5.74, 6) is 1.38. The van der Waals surface area contributed by atoms with E-state index in [1.165, 1.54) is 0 Å². The van der Waals surface area contributed by atoms with E-state index < -0.39 is 0 Å². The van der Waals surface area contributed by atoms with Crippen LogP contribution in [-0.2, 0) is 6.54 Å². The number of fused-ring (bicyclic) bond motifs is 1. The van der Waals surface area contributed by atoms with Gasteiger partial charge in [-0.2, -0.15) is 5.26 Å². The molecule has 8 heteroatoms. The second kappa shape index (κ2) is 9.69. The van der Waals surface area contributed by atoms with Crippen LogP contribution in [-0.4, -0.2) is 60.3 Å². The molecule has 2 N–H and O–H groups in total. The molecule has 0 unspecified atom stereocenters. The SMILES string of the molecule is C[C@H]1C[C@@H](NCc2ncc(N3CCNCC3)cn2)CN(c2ccc(C#N)c3ncccc23)C1. The van der Waals surface area contributed by atoms with Gasteiger partial charge < -0.3 is 20.4 Å². The molecule has 0 spiro atoms. The number of rotatable bonds is 5. The minimum Gasteiger partial charge on any atom is -0.369 e. The molecular formula is C25H30N8. The first-order valence-electron chi connectivity index (χ1n) is 11.7. The van der Waals surface area contributed by atoms with Crippen LogP contribution >= 0.6 is 0 Å². The van der Waals surface area contributed by atoms with Gasteiger partial charge in [0.2, 0.25) is 0 Å². The summed E-state index contributed by atoms with van der Waals surface area (Å²) in [6.45, 7) is 8.84. The van der Waals surface area contributed by atoms with E-state index in [1.54, 1.807) is 6.20 Å². The minimum atomic E-state index is 0.340. The summed E-state index contributed by atoms with van der Waals surface area (Å²) < 4.78 is 0. The van der Waals surface area contributed by atoms with Crippen LogP contribution in [0.1, 0.15) is 24.7 Å². The summed E-state index contributed by atoms with van der Waals surface area (Å²) in [4.78, 5) is 18.4. The Hall–Kier alpha value is -3.28. The molecule has 0 amide bonds. The van der Waals surface area contributed by atoms with Crippen molar-refractivity contribution in [3.8, 4) is 6.07 Å². The van der Waals surface area contributed by atoms with Crippen molar-refractivity contribution in [2.24, 2.45) is 5.92 Å². The Morgan fingerprint density at radius 3 is 2.70 bits per heavy atom. The molecule has 8 nitrogen and oxygen atoms in total. The summed E-state index contributed by atoms with van der Waals surface area (Å²) in [7, 11) is 0. The molecule has 2 aliphatic rings. The van der Waals surface area contributed by atoms with Gasteiger partial charge in [-0.25, -0.2) is 9.97 Å². The van der Waals surface area contributed by atoms with Crippen molar-refractivity contribution < 1.29 is 0 Å². The molecule has 0 saturated carbocycles. The molecular weight excluding hydrogens is 412 g/mol. The van der Waals surface area contributed by atoms with E-state index in [4.69, 9.17) is 0 Å². The van der Waals surface area contributed by atoms with Crippen LogP contribution in [0.25, 0.3) is 10.9 Å². The fourth-order valence-corrected chi connectivity index (χ4v) is 4.98. The zero-order valence-electron chi connectivity index (χ0n) is 19.0. The highest BCUT2D eigenvalue weighted by atomic mass is 15.2. The van der Waals surface area contributed by atoms with E-state index in [0.717, 1.165) is 73.8 Å². The van der Waals surface area contributed by atoms with Crippen LogP contribution in [0.2, 0.25) is 0 Å². The molecule has 33 heavy (non-hydrogen) atoms. The Morgan fingerprint density at radius 1 is 1.09 bits per heavy atom. The Bertz CT molecular complexity index is 1130. The number of benzene rings is 1. The summed E-state index contributed by atoms with van der Waals surface area (Å²) in [5, 5.41) is 17.5. The van der Waals surface area contributed by atoms with Gasteiger partial charge in [0.05, 0.1) is 35.7 Å². The van der Waals surface area contributed by atoms with Gasteiger partial charge in [-0.05, 0) is 36.6 Å². The van der Waals surface area contributed by atoms with Crippen molar-refractivity contribution in [2.45, 2.75) is 25.9 Å². The second-order valence-electron chi connectivity index (χ2n) is 9.06. The van der Waals surface area contributed by atoms with E-state index >= 15 is 0 Å². The summed E-state index contributed by atoms with van der Waals surface area (Å²) in [5.41, 5.74) is 3.64. The first kappa shape index (κ1) is 21.6. The van der Waals surface area contributed by atoms with Crippen LogP contribution in [0.3, 0.4) is 0 Å². The van der Waals surface area contributed by atoms with E-state index in [-0.39, 0.29) is 0 Å². The third-order valence-electron chi connectivity index (χ3n) is 6.59. The second-order valence-corrected chi connectivity index (χ2v) is 9.06. The maximum atomic E-state index is 9.46. The number of piperazine rings is 1. The number of anilines is 2. The molecule has 3 aromatic rings. The van der Waals surface area contributed by atoms with Gasteiger partial charge in [-0.3, -0.25) is 4.98 Å². The molecule has 4 heterocycles. The van der Waals surface area contributed by atoms with Crippen molar-refractivity contribution in [2.75, 3.05) is 49.1 Å². The largest absolute Gasteiger partial charge is 0.369 e. The van der Waals surface area contributed by atoms with Crippen LogP contribution in [0, 0.1) is 17.2 Å². The molecule has 0 radical (unpaired) electrons. The molecule has 2 aromatic heterocycles. The average Bonchev–Trinajstić information content (AvgIpc) is 2.87. The van der Waals surface area contributed by atoms with Crippen LogP contribution in [0.4, 0.5) is 11.4 Å². The van der Waals surface area contributed by atoms with Crippen molar-refractivity contribution >= 4 is 22.3 Å². The smallest absolute Gasteiger partial charge is 0.142 e. The van der Waals surface area contributed by atoms with Gasteiger partial charge >= 0.3 is 0 Å². The monoisotopic (exact) mass is 442 g/mol. The van der Waals surface area contributed by atoms with Gasteiger partial charge in [0.15, 0.2) is 0 Å². The first-order valence-corrected chi connectivity index (χ1v) is 11.7. The zero-order chi connectivity index (χ0) is 22.6. The van der Waals surface area contributed by atoms with E-state index in [2.05, 4.69) is 60.5 Å². The Labute approximate surface area is 194 Å². The van der Waals surface area contributed by atoms with Crippen LogP contribution in [0.15, 0.2) is 42.9 Å². The normalized spacial score (nSPS) is 21.2. The first-order chi connectivity index (χ1) is 16.2. The molecule has 5 rings (SSSR count). The topological polar surface area (TPSA) is 93.0 Å². The van der Waals surface area contributed by atoms with E-state index in [9.17, 15) is 5.26 Å². The van der Waals surface area contributed by atoms with Gasteiger partial charge in [0, 0.05) is 62.6 Å². The van der Waals surface area contributed by atoms with Gasteiger partial charge in [-0.15, -0.1) is 0 Å². The Balaban J connectivity index is 1.26. The van der Waals surface area contributed by atoms with Gasteiger partial charge in [0.1, 0.15) is 11.9 Å². The number of hydrogen-bond acceptors (Lipinski definition) is 8. The molecule has 2 aliphatic heterocycles. The van der Waals surface area contributed by atoms with Crippen molar-refractivity contribution in [3.05, 3.63) is 54.2 Å². The van der Waals surface area contributed by atoms with Crippen molar-refractivity contribution in [1.82, 2.24) is 25.6 Å². The minimum absolute atomic E-state index is 0.340. The lowest BCUT2D eigenvalue weighted by Crippen LogP contribution is -2.48. The molecule has 2 saturated heterocycles. The lowest BCUT2D eigenvalue weighted by molar-refractivity contribution is 0.348. The highest BCUT2D eigenvalue weighted by Crippen LogP contribution is 2.31. The summed E-state index contributed by atoms with van der Waals surface area (Å²) >= 11 is 0. The number of piperidine rings is 1. The molecule has 0 bridgehead atoms. The fraction of sp³-hybridized carbons (Fsp3) is 0.440. The number of pyridine rings is 1. The lowest BCUT2D eigenvalue weighted by Gasteiger charge is -2.39. The average molecular weight is 443 g/mol. The molecule has 170 valence electrons. The quantitative estimate of drug-likeness (QED) is 0.622.